The van der Waals surface area contributed by atoms with Crippen LogP contribution in [0.1, 0.15) is 51.5 Å². The zero-order chi connectivity index (χ0) is 24.6. The fourth-order valence-electron chi connectivity index (χ4n) is 5.00. The minimum Gasteiger partial charge on any atom is -0.444 e. The molecule has 1 aromatic carbocycles. The molecular formula is C27H33ClN4O3. The standard InChI is InChI=1S/C27H33ClN4O3/c1-27(2,3)35-26(33)30-13-9-24-25(34-24)31-14-10-18(11-15-31)22-17-32(20-6-4-19(28)5-7-20)23-16-29-12-8-21(22)23/h4-8,12,16-18,24-25H,9-11,13-15H2,1-3H3,(H,30,33). The fraction of sp³-hybridized carbons (Fsp3) is 0.481. The van der Waals surface area contributed by atoms with Crippen molar-refractivity contribution < 1.29 is 14.3 Å². The third-order valence-electron chi connectivity index (χ3n) is 6.73. The number of pyridine rings is 1. The van der Waals surface area contributed by atoms with Crippen molar-refractivity contribution in [2.75, 3.05) is 19.6 Å². The van der Waals surface area contributed by atoms with Crippen molar-refractivity contribution in [3.8, 4) is 5.69 Å². The van der Waals surface area contributed by atoms with Gasteiger partial charge in [-0.1, -0.05) is 11.6 Å². The monoisotopic (exact) mass is 496 g/mol. The number of ether oxygens (including phenoxy) is 2. The lowest BCUT2D eigenvalue weighted by Gasteiger charge is -2.31. The summed E-state index contributed by atoms with van der Waals surface area (Å²) in [6.45, 7) is 8.16. The summed E-state index contributed by atoms with van der Waals surface area (Å²) < 4.78 is 13.4. The van der Waals surface area contributed by atoms with Gasteiger partial charge in [-0.3, -0.25) is 9.88 Å². The van der Waals surface area contributed by atoms with Crippen molar-refractivity contribution in [2.45, 2.75) is 63.9 Å². The highest BCUT2D eigenvalue weighted by molar-refractivity contribution is 6.30. The molecule has 8 heteroatoms. The van der Waals surface area contributed by atoms with Gasteiger partial charge in [-0.25, -0.2) is 4.79 Å². The molecule has 2 aliphatic heterocycles. The molecule has 1 amide bonds. The van der Waals surface area contributed by atoms with Crippen molar-refractivity contribution >= 4 is 28.6 Å². The van der Waals surface area contributed by atoms with Crippen molar-refractivity contribution in [3.63, 3.8) is 0 Å². The van der Waals surface area contributed by atoms with Crippen molar-refractivity contribution in [1.82, 2.24) is 19.8 Å². The van der Waals surface area contributed by atoms with Crippen LogP contribution in [-0.2, 0) is 9.47 Å². The van der Waals surface area contributed by atoms with Crippen molar-refractivity contribution in [2.24, 2.45) is 0 Å². The third-order valence-corrected chi connectivity index (χ3v) is 6.98. The molecule has 2 fully saturated rings. The Morgan fingerprint density at radius 2 is 1.94 bits per heavy atom. The van der Waals surface area contributed by atoms with Crippen molar-refractivity contribution in [3.05, 3.63) is 59.5 Å². The molecule has 35 heavy (non-hydrogen) atoms. The number of carbonyl (C=O) groups excluding carboxylic acids is 1. The molecule has 3 aromatic rings. The Morgan fingerprint density at radius 1 is 1.20 bits per heavy atom. The number of piperidine rings is 1. The fourth-order valence-corrected chi connectivity index (χ4v) is 5.13. The predicted molar refractivity (Wildman–Crippen MR) is 137 cm³/mol. The van der Waals surface area contributed by atoms with Gasteiger partial charge in [0.05, 0.1) is 11.7 Å². The van der Waals surface area contributed by atoms with E-state index in [1.165, 1.54) is 10.9 Å². The molecule has 0 saturated carbocycles. The number of alkyl carbamates (subject to hydrolysis) is 1. The first kappa shape index (κ1) is 24.1. The predicted octanol–water partition coefficient (Wildman–Crippen LogP) is 5.50. The number of aromatic nitrogens is 2. The number of halogens is 1. The molecule has 0 aliphatic carbocycles. The van der Waals surface area contributed by atoms with Crippen LogP contribution in [0.5, 0.6) is 0 Å². The van der Waals surface area contributed by atoms with Crippen LogP contribution in [0.25, 0.3) is 16.6 Å². The van der Waals surface area contributed by atoms with Crippen LogP contribution in [0.2, 0.25) is 5.02 Å². The first-order chi connectivity index (χ1) is 16.8. The van der Waals surface area contributed by atoms with Gasteiger partial charge in [0.1, 0.15) is 17.9 Å². The number of fused-ring (bicyclic) bond motifs is 1. The summed E-state index contributed by atoms with van der Waals surface area (Å²) in [5.74, 6) is 0.496. The van der Waals surface area contributed by atoms with Crippen LogP contribution in [0, 0.1) is 0 Å². The molecule has 2 aromatic heterocycles. The summed E-state index contributed by atoms with van der Waals surface area (Å²) in [6, 6.07) is 10.1. The van der Waals surface area contributed by atoms with Gasteiger partial charge in [0.2, 0.25) is 0 Å². The molecular weight excluding hydrogens is 464 g/mol. The lowest BCUT2D eigenvalue weighted by Crippen LogP contribution is -2.37. The molecule has 2 unspecified atom stereocenters. The minimum absolute atomic E-state index is 0.163. The summed E-state index contributed by atoms with van der Waals surface area (Å²) >= 11 is 6.10. The number of benzene rings is 1. The van der Waals surface area contributed by atoms with E-state index in [4.69, 9.17) is 21.1 Å². The summed E-state index contributed by atoms with van der Waals surface area (Å²) in [6.07, 6.45) is 9.03. The summed E-state index contributed by atoms with van der Waals surface area (Å²) in [4.78, 5) is 18.6. The second-order valence-corrected chi connectivity index (χ2v) is 10.9. The summed E-state index contributed by atoms with van der Waals surface area (Å²) in [7, 11) is 0. The van der Waals surface area contributed by atoms with E-state index in [2.05, 4.69) is 32.0 Å². The maximum absolute atomic E-state index is 11.8. The van der Waals surface area contributed by atoms with E-state index in [9.17, 15) is 4.79 Å². The number of nitrogens with zero attached hydrogens (tertiary/aromatic N) is 3. The van der Waals surface area contributed by atoms with Gasteiger partial charge < -0.3 is 19.4 Å². The molecule has 2 aliphatic rings. The number of nitrogens with one attached hydrogen (secondary N) is 1. The van der Waals surface area contributed by atoms with Gasteiger partial charge in [-0.05, 0) is 81.8 Å². The van der Waals surface area contributed by atoms with Crippen LogP contribution in [0.4, 0.5) is 4.79 Å². The average Bonchev–Trinajstić information content (AvgIpc) is 3.49. The highest BCUT2D eigenvalue weighted by atomic mass is 35.5. The highest BCUT2D eigenvalue weighted by Crippen LogP contribution is 2.38. The number of hydrogen-bond acceptors (Lipinski definition) is 5. The van der Waals surface area contributed by atoms with Gasteiger partial charge in [0, 0.05) is 48.1 Å². The molecule has 1 N–H and O–H groups in total. The number of epoxide rings is 1. The number of hydrogen-bond donors (Lipinski definition) is 1. The Bertz CT molecular complexity index is 1180. The largest absolute Gasteiger partial charge is 0.444 e. The van der Waals surface area contributed by atoms with E-state index in [1.807, 2.05) is 57.4 Å². The first-order valence-corrected chi connectivity index (χ1v) is 12.7. The van der Waals surface area contributed by atoms with E-state index in [-0.39, 0.29) is 18.4 Å². The van der Waals surface area contributed by atoms with E-state index in [0.717, 1.165) is 48.6 Å². The number of carbonyl (C=O) groups is 1. The first-order valence-electron chi connectivity index (χ1n) is 12.4. The second kappa shape index (κ2) is 9.80. The topological polar surface area (TPSA) is 71.9 Å². The lowest BCUT2D eigenvalue weighted by molar-refractivity contribution is 0.0526. The van der Waals surface area contributed by atoms with Crippen LogP contribution in [-0.4, -0.2) is 58.1 Å². The van der Waals surface area contributed by atoms with Gasteiger partial charge >= 0.3 is 6.09 Å². The Balaban J connectivity index is 1.17. The highest BCUT2D eigenvalue weighted by Gasteiger charge is 2.44. The van der Waals surface area contributed by atoms with Gasteiger partial charge in [0.15, 0.2) is 0 Å². The van der Waals surface area contributed by atoms with Gasteiger partial charge in [-0.15, -0.1) is 0 Å². The number of rotatable bonds is 6. The summed E-state index contributed by atoms with van der Waals surface area (Å²) in [5, 5.41) is 4.82. The molecule has 7 nitrogen and oxygen atoms in total. The third kappa shape index (κ3) is 5.63. The molecule has 2 saturated heterocycles. The molecule has 4 heterocycles. The van der Waals surface area contributed by atoms with Crippen LogP contribution < -0.4 is 5.32 Å². The van der Waals surface area contributed by atoms with Gasteiger partial charge in [-0.2, -0.15) is 0 Å². The molecule has 186 valence electrons. The maximum Gasteiger partial charge on any atom is 0.407 e. The number of likely N-dealkylation sites (tertiary alicyclic amines) is 1. The van der Waals surface area contributed by atoms with Crippen LogP contribution in [0.3, 0.4) is 0 Å². The van der Waals surface area contributed by atoms with E-state index >= 15 is 0 Å². The smallest absolute Gasteiger partial charge is 0.407 e. The minimum atomic E-state index is -0.481. The molecule has 2 atom stereocenters. The molecule has 0 bridgehead atoms. The molecule has 0 radical (unpaired) electrons. The van der Waals surface area contributed by atoms with Crippen molar-refractivity contribution in [1.29, 1.82) is 0 Å². The molecule has 0 spiro atoms. The SMILES string of the molecule is CC(C)(C)OC(=O)NCCC1OC1N1CCC(c2cn(-c3ccc(Cl)cc3)c3cnccc23)CC1. The van der Waals surface area contributed by atoms with E-state index < -0.39 is 5.60 Å². The lowest BCUT2D eigenvalue weighted by atomic mass is 9.89. The van der Waals surface area contributed by atoms with E-state index in [1.54, 1.807) is 0 Å². The Kier molecular flexibility index (Phi) is 6.75. The zero-order valence-electron chi connectivity index (χ0n) is 20.5. The Hall–Kier alpha value is -2.61. The van der Waals surface area contributed by atoms with Gasteiger partial charge in [0.25, 0.3) is 0 Å². The zero-order valence-corrected chi connectivity index (χ0v) is 21.3. The maximum atomic E-state index is 11.8. The van der Waals surface area contributed by atoms with Crippen LogP contribution >= 0.6 is 11.6 Å². The van der Waals surface area contributed by atoms with E-state index in [0.29, 0.717) is 12.5 Å². The normalized spacial score (nSPS) is 21.3. The second-order valence-electron chi connectivity index (χ2n) is 10.4. The average molecular weight is 497 g/mol. The Morgan fingerprint density at radius 3 is 2.66 bits per heavy atom. The quantitative estimate of drug-likeness (QED) is 0.456. The van der Waals surface area contributed by atoms with Crippen LogP contribution in [0.15, 0.2) is 48.9 Å². The Labute approximate surface area is 211 Å². The molecule has 5 rings (SSSR count). The number of amides is 1. The summed E-state index contributed by atoms with van der Waals surface area (Å²) in [5.41, 5.74) is 3.11.